The van der Waals surface area contributed by atoms with Crippen molar-refractivity contribution in [3.63, 3.8) is 0 Å². The van der Waals surface area contributed by atoms with Crippen LogP contribution < -0.4 is 0 Å². The first kappa shape index (κ1) is 17.7. The third kappa shape index (κ3) is 3.21. The van der Waals surface area contributed by atoms with Gasteiger partial charge in [0.05, 0.1) is 24.1 Å². The second kappa shape index (κ2) is 6.78. The van der Waals surface area contributed by atoms with Gasteiger partial charge in [-0.3, -0.25) is 4.79 Å². The summed E-state index contributed by atoms with van der Waals surface area (Å²) in [7, 11) is 0. The maximum Gasteiger partial charge on any atom is 0.259 e. The minimum absolute atomic E-state index is 0.0265. The molecule has 6 heteroatoms. The zero-order chi connectivity index (χ0) is 19.1. The number of aromatic nitrogens is 3. The van der Waals surface area contributed by atoms with Crippen molar-refractivity contribution in [3.8, 4) is 11.3 Å². The summed E-state index contributed by atoms with van der Waals surface area (Å²) in [6.45, 7) is 9.32. The molecular weight excluding hydrogens is 340 g/mol. The molecule has 0 bridgehead atoms. The van der Waals surface area contributed by atoms with Crippen LogP contribution in [0.25, 0.3) is 16.9 Å². The number of carbonyl (C=O) groups is 1. The average molecular weight is 364 g/mol. The van der Waals surface area contributed by atoms with E-state index >= 15 is 0 Å². The highest BCUT2D eigenvalue weighted by atomic mass is 16.5. The van der Waals surface area contributed by atoms with E-state index in [1.54, 1.807) is 16.9 Å². The predicted molar refractivity (Wildman–Crippen MR) is 104 cm³/mol. The molecule has 1 aromatic carbocycles. The molecule has 0 aliphatic carbocycles. The Morgan fingerprint density at radius 3 is 2.56 bits per heavy atom. The van der Waals surface area contributed by atoms with E-state index in [4.69, 9.17) is 4.74 Å². The van der Waals surface area contributed by atoms with Crippen molar-refractivity contribution >= 4 is 11.6 Å². The maximum atomic E-state index is 13.1. The molecule has 6 nitrogen and oxygen atoms in total. The SMILES string of the molecule is Cc1ccc(-c2ccnc3c(C(=O)N4C[C@@H](C)O[C@@H](C)C4)cnn23)cc1C. The molecule has 1 fully saturated rings. The van der Waals surface area contributed by atoms with Crippen LogP contribution in [0.15, 0.2) is 36.7 Å². The number of amides is 1. The van der Waals surface area contributed by atoms with Crippen molar-refractivity contribution in [1.82, 2.24) is 19.5 Å². The molecule has 0 spiro atoms. The summed E-state index contributed by atoms with van der Waals surface area (Å²) in [5.41, 5.74) is 5.56. The topological polar surface area (TPSA) is 59.7 Å². The van der Waals surface area contributed by atoms with Crippen LogP contribution in [0, 0.1) is 13.8 Å². The molecule has 4 rings (SSSR count). The van der Waals surface area contributed by atoms with Crippen molar-refractivity contribution in [1.29, 1.82) is 0 Å². The number of morpholine rings is 1. The molecule has 1 aliphatic heterocycles. The van der Waals surface area contributed by atoms with Gasteiger partial charge in [0.2, 0.25) is 0 Å². The molecule has 0 radical (unpaired) electrons. The van der Waals surface area contributed by atoms with Crippen LogP contribution >= 0.6 is 0 Å². The number of aryl methyl sites for hydroxylation is 2. The molecule has 1 aliphatic rings. The fourth-order valence-electron chi connectivity index (χ4n) is 3.68. The van der Waals surface area contributed by atoms with Gasteiger partial charge in [0.15, 0.2) is 5.65 Å². The number of nitrogens with zero attached hydrogens (tertiary/aromatic N) is 4. The van der Waals surface area contributed by atoms with E-state index < -0.39 is 0 Å². The van der Waals surface area contributed by atoms with Crippen molar-refractivity contribution in [3.05, 3.63) is 53.3 Å². The van der Waals surface area contributed by atoms with Gasteiger partial charge in [0.25, 0.3) is 5.91 Å². The van der Waals surface area contributed by atoms with E-state index in [0.717, 1.165) is 11.3 Å². The second-order valence-corrected chi connectivity index (χ2v) is 7.39. The van der Waals surface area contributed by atoms with Gasteiger partial charge in [-0.15, -0.1) is 0 Å². The smallest absolute Gasteiger partial charge is 0.259 e. The van der Waals surface area contributed by atoms with Gasteiger partial charge in [-0.05, 0) is 51.0 Å². The minimum atomic E-state index is -0.0447. The Bertz CT molecular complexity index is 1000. The largest absolute Gasteiger partial charge is 0.372 e. The number of carbonyl (C=O) groups excluding carboxylic acids is 1. The number of hydrogen-bond acceptors (Lipinski definition) is 4. The Morgan fingerprint density at radius 2 is 1.85 bits per heavy atom. The zero-order valence-corrected chi connectivity index (χ0v) is 16.1. The van der Waals surface area contributed by atoms with E-state index in [-0.39, 0.29) is 18.1 Å². The van der Waals surface area contributed by atoms with E-state index in [0.29, 0.717) is 24.3 Å². The highest BCUT2D eigenvalue weighted by Gasteiger charge is 2.28. The lowest BCUT2D eigenvalue weighted by atomic mass is 10.0. The molecular formula is C21H24N4O2. The summed E-state index contributed by atoms with van der Waals surface area (Å²) in [5, 5.41) is 4.48. The van der Waals surface area contributed by atoms with E-state index in [1.807, 2.05) is 24.8 Å². The zero-order valence-electron chi connectivity index (χ0n) is 16.1. The van der Waals surface area contributed by atoms with Crippen LogP contribution in [0.2, 0.25) is 0 Å². The Kier molecular flexibility index (Phi) is 4.44. The fraction of sp³-hybridized carbons (Fsp3) is 0.381. The number of benzene rings is 1. The van der Waals surface area contributed by atoms with Crippen LogP contribution in [-0.4, -0.2) is 50.7 Å². The summed E-state index contributed by atoms with van der Waals surface area (Å²) >= 11 is 0. The molecule has 0 N–H and O–H groups in total. The van der Waals surface area contributed by atoms with Crippen molar-refractivity contribution < 1.29 is 9.53 Å². The van der Waals surface area contributed by atoms with Gasteiger partial charge in [-0.25, -0.2) is 9.50 Å². The first-order valence-electron chi connectivity index (χ1n) is 9.29. The van der Waals surface area contributed by atoms with Crippen molar-refractivity contribution in [2.45, 2.75) is 39.9 Å². The van der Waals surface area contributed by atoms with Crippen LogP contribution in [0.4, 0.5) is 0 Å². The summed E-state index contributed by atoms with van der Waals surface area (Å²) < 4.78 is 7.49. The number of fused-ring (bicyclic) bond motifs is 1. The lowest BCUT2D eigenvalue weighted by molar-refractivity contribution is -0.0585. The number of ether oxygens (including phenoxy) is 1. The quantitative estimate of drug-likeness (QED) is 0.700. The summed E-state index contributed by atoms with van der Waals surface area (Å²) in [5.74, 6) is -0.0447. The summed E-state index contributed by atoms with van der Waals surface area (Å²) in [6, 6.07) is 8.24. The molecule has 2 aromatic heterocycles. The van der Waals surface area contributed by atoms with Gasteiger partial charge in [-0.1, -0.05) is 12.1 Å². The van der Waals surface area contributed by atoms with Gasteiger partial charge in [0, 0.05) is 24.8 Å². The number of hydrogen-bond donors (Lipinski definition) is 0. The standard InChI is InChI=1S/C21H24N4O2/c1-13-5-6-17(9-14(13)2)19-7-8-22-20-18(10-23-25(19)20)21(26)24-11-15(3)27-16(4)12-24/h5-10,15-16H,11-12H2,1-4H3/t15-,16+. The van der Waals surface area contributed by atoms with E-state index in [1.165, 1.54) is 11.1 Å². The van der Waals surface area contributed by atoms with Crippen LogP contribution in [0.3, 0.4) is 0 Å². The van der Waals surface area contributed by atoms with Gasteiger partial charge in [0.1, 0.15) is 5.56 Å². The van der Waals surface area contributed by atoms with Gasteiger partial charge in [-0.2, -0.15) is 5.10 Å². The number of rotatable bonds is 2. The van der Waals surface area contributed by atoms with Crippen LogP contribution in [-0.2, 0) is 4.74 Å². The van der Waals surface area contributed by atoms with Gasteiger partial charge >= 0.3 is 0 Å². The highest BCUT2D eigenvalue weighted by Crippen LogP contribution is 2.24. The highest BCUT2D eigenvalue weighted by molar-refractivity contribution is 6.00. The summed E-state index contributed by atoms with van der Waals surface area (Å²) in [6.07, 6.45) is 3.42. The molecule has 0 unspecified atom stereocenters. The lowest BCUT2D eigenvalue weighted by Gasteiger charge is -2.35. The Balaban J connectivity index is 1.74. The fourth-order valence-corrected chi connectivity index (χ4v) is 3.68. The van der Waals surface area contributed by atoms with Crippen molar-refractivity contribution in [2.24, 2.45) is 0 Å². The first-order chi connectivity index (χ1) is 12.9. The normalized spacial score (nSPS) is 20.2. The van der Waals surface area contributed by atoms with Crippen LogP contribution in [0.1, 0.15) is 35.3 Å². The van der Waals surface area contributed by atoms with Crippen molar-refractivity contribution in [2.75, 3.05) is 13.1 Å². The Morgan fingerprint density at radius 1 is 1.11 bits per heavy atom. The average Bonchev–Trinajstić information content (AvgIpc) is 3.06. The molecule has 0 saturated carbocycles. The lowest BCUT2D eigenvalue weighted by Crippen LogP contribution is -2.48. The van der Waals surface area contributed by atoms with E-state index in [2.05, 4.69) is 42.1 Å². The maximum absolute atomic E-state index is 13.1. The molecule has 1 saturated heterocycles. The van der Waals surface area contributed by atoms with E-state index in [9.17, 15) is 4.79 Å². The minimum Gasteiger partial charge on any atom is -0.372 e. The Labute approximate surface area is 158 Å². The predicted octanol–water partition coefficient (Wildman–Crippen LogP) is 3.26. The molecule has 1 amide bonds. The molecule has 140 valence electrons. The first-order valence-corrected chi connectivity index (χ1v) is 9.29. The summed E-state index contributed by atoms with van der Waals surface area (Å²) in [4.78, 5) is 19.4. The third-order valence-electron chi connectivity index (χ3n) is 5.14. The molecule has 27 heavy (non-hydrogen) atoms. The monoisotopic (exact) mass is 364 g/mol. The second-order valence-electron chi connectivity index (χ2n) is 7.39. The molecule has 3 aromatic rings. The van der Waals surface area contributed by atoms with Crippen LogP contribution in [0.5, 0.6) is 0 Å². The molecule has 3 heterocycles. The third-order valence-corrected chi connectivity index (χ3v) is 5.14. The Hall–Kier alpha value is -2.73. The molecule has 2 atom stereocenters. The van der Waals surface area contributed by atoms with Gasteiger partial charge < -0.3 is 9.64 Å².